The van der Waals surface area contributed by atoms with Crippen LogP contribution in [-0.2, 0) is 28.5 Å². The third kappa shape index (κ3) is 14.7. The van der Waals surface area contributed by atoms with Gasteiger partial charge in [0, 0.05) is 13.0 Å². The molecule has 1 unspecified atom stereocenters. The van der Waals surface area contributed by atoms with E-state index in [4.69, 9.17) is 18.9 Å². The fourth-order valence-electron chi connectivity index (χ4n) is 9.29. The topological polar surface area (TPSA) is 91.4 Å². The van der Waals surface area contributed by atoms with Gasteiger partial charge in [-0.15, -0.1) is 0 Å². The molecule has 0 aromatic carbocycles. The number of hydrogen-bond acceptors (Lipinski definition) is 8. The first-order valence-corrected chi connectivity index (χ1v) is 19.8. The van der Waals surface area contributed by atoms with Gasteiger partial charge in [-0.25, -0.2) is 4.79 Å². The molecule has 0 spiro atoms. The molecule has 1 heterocycles. The van der Waals surface area contributed by atoms with Crippen molar-refractivity contribution in [2.24, 2.45) is 29.1 Å². The molecular formula is C39H67NO7. The summed E-state index contributed by atoms with van der Waals surface area (Å²) in [7, 11) is 0. The molecule has 1 aliphatic heterocycles. The van der Waals surface area contributed by atoms with E-state index in [-0.39, 0.29) is 37.2 Å². The molecule has 5 fully saturated rings. The molecule has 1 saturated heterocycles. The summed E-state index contributed by atoms with van der Waals surface area (Å²) < 4.78 is 22.0. The summed E-state index contributed by atoms with van der Waals surface area (Å²) in [5, 5.41) is 0. The molecule has 8 heteroatoms. The van der Waals surface area contributed by atoms with Crippen molar-refractivity contribution in [1.29, 1.82) is 0 Å². The number of esters is 2. The molecule has 0 aromatic heterocycles. The van der Waals surface area contributed by atoms with Crippen molar-refractivity contribution >= 4 is 18.1 Å². The number of rotatable bonds is 25. The van der Waals surface area contributed by atoms with Crippen LogP contribution < -0.4 is 0 Å². The van der Waals surface area contributed by atoms with Crippen LogP contribution in [0.3, 0.4) is 0 Å². The Morgan fingerprint density at radius 1 is 0.638 bits per heavy atom. The van der Waals surface area contributed by atoms with Gasteiger partial charge in [0.2, 0.25) is 0 Å². The summed E-state index contributed by atoms with van der Waals surface area (Å²) in [6, 6.07) is 0. The van der Waals surface area contributed by atoms with Gasteiger partial charge in [-0.1, -0.05) is 77.6 Å². The SMILES string of the molecule is CCCCCCCCCCCCCCC(=O)OCC(COC(=O)CC12CC3CC(CC(C3)C1)C2)COC(=O)OCCCN1CCCC1. The summed E-state index contributed by atoms with van der Waals surface area (Å²) in [6.45, 7) is 5.84. The Morgan fingerprint density at radius 2 is 1.15 bits per heavy atom. The molecule has 5 rings (SSSR count). The Balaban J connectivity index is 1.10. The molecule has 0 aromatic rings. The maximum atomic E-state index is 13.1. The van der Waals surface area contributed by atoms with Crippen LogP contribution in [0.5, 0.6) is 0 Å². The van der Waals surface area contributed by atoms with E-state index in [2.05, 4.69) is 11.8 Å². The highest BCUT2D eigenvalue weighted by Crippen LogP contribution is 2.61. The molecule has 1 atom stereocenters. The molecule has 4 saturated carbocycles. The lowest BCUT2D eigenvalue weighted by Crippen LogP contribution is -2.47. The predicted molar refractivity (Wildman–Crippen MR) is 184 cm³/mol. The summed E-state index contributed by atoms with van der Waals surface area (Å²) in [4.78, 5) is 40.3. The molecular weight excluding hydrogens is 594 g/mol. The van der Waals surface area contributed by atoms with Crippen LogP contribution in [0.4, 0.5) is 4.79 Å². The van der Waals surface area contributed by atoms with Crippen molar-refractivity contribution in [3.63, 3.8) is 0 Å². The van der Waals surface area contributed by atoms with Crippen molar-refractivity contribution in [2.75, 3.05) is 46.1 Å². The first-order chi connectivity index (χ1) is 22.9. The molecule has 47 heavy (non-hydrogen) atoms. The predicted octanol–water partition coefficient (Wildman–Crippen LogP) is 9.03. The fraction of sp³-hybridized carbons (Fsp3) is 0.923. The van der Waals surface area contributed by atoms with Gasteiger partial charge in [0.15, 0.2) is 0 Å². The van der Waals surface area contributed by atoms with Crippen LogP contribution in [0.1, 0.15) is 155 Å². The van der Waals surface area contributed by atoms with Crippen molar-refractivity contribution < 1.29 is 33.3 Å². The van der Waals surface area contributed by atoms with Gasteiger partial charge in [0.05, 0.1) is 18.9 Å². The number of carbonyl (C=O) groups excluding carboxylic acids is 3. The Labute approximate surface area is 285 Å². The fourth-order valence-corrected chi connectivity index (χ4v) is 9.29. The van der Waals surface area contributed by atoms with E-state index in [1.54, 1.807) is 0 Å². The highest BCUT2D eigenvalue weighted by atomic mass is 16.7. The largest absolute Gasteiger partial charge is 0.508 e. The zero-order valence-corrected chi connectivity index (χ0v) is 29.8. The number of unbranched alkanes of at least 4 members (excludes halogenated alkanes) is 11. The molecule has 270 valence electrons. The van der Waals surface area contributed by atoms with Gasteiger partial charge in [-0.3, -0.25) is 9.59 Å². The van der Waals surface area contributed by atoms with Crippen LogP contribution in [0.15, 0.2) is 0 Å². The van der Waals surface area contributed by atoms with Crippen LogP contribution in [0, 0.1) is 29.1 Å². The molecule has 8 nitrogen and oxygen atoms in total. The molecule has 0 N–H and O–H groups in total. The van der Waals surface area contributed by atoms with Crippen molar-refractivity contribution in [1.82, 2.24) is 4.90 Å². The smallest absolute Gasteiger partial charge is 0.465 e. The minimum atomic E-state index is -0.723. The average molecular weight is 662 g/mol. The third-order valence-corrected chi connectivity index (χ3v) is 11.4. The first kappa shape index (κ1) is 38.0. The minimum absolute atomic E-state index is 0.0124. The Hall–Kier alpha value is -1.83. The number of carbonyl (C=O) groups is 3. The Kier molecular flexibility index (Phi) is 17.2. The van der Waals surface area contributed by atoms with Crippen LogP contribution in [-0.4, -0.2) is 69.1 Å². The molecule has 0 radical (unpaired) electrons. The van der Waals surface area contributed by atoms with Gasteiger partial charge < -0.3 is 23.8 Å². The summed E-state index contributed by atoms with van der Waals surface area (Å²) in [5.74, 6) is 1.50. The van der Waals surface area contributed by atoms with Gasteiger partial charge in [0.25, 0.3) is 0 Å². The van der Waals surface area contributed by atoms with Crippen molar-refractivity contribution in [3.8, 4) is 0 Å². The third-order valence-electron chi connectivity index (χ3n) is 11.4. The normalized spacial score (nSPS) is 25.5. The van der Waals surface area contributed by atoms with Crippen LogP contribution in [0.2, 0.25) is 0 Å². The number of likely N-dealkylation sites (tertiary alicyclic amines) is 1. The lowest BCUT2D eigenvalue weighted by molar-refractivity contribution is -0.155. The molecule has 0 amide bonds. The standard InChI is InChI=1S/C39H67NO7/c1-2-3-4-5-6-7-8-9-10-11-12-13-17-36(41)45-29-35(31-47-38(43)44-21-16-20-40-18-14-15-19-40)30-46-37(42)28-39-25-32-22-33(26-39)24-34(23-32)27-39/h32-35H,2-31H2,1H3. The zero-order valence-electron chi connectivity index (χ0n) is 29.8. The Morgan fingerprint density at radius 3 is 1.72 bits per heavy atom. The maximum Gasteiger partial charge on any atom is 0.508 e. The summed E-state index contributed by atoms with van der Waals surface area (Å²) in [6.07, 6.45) is 25.8. The highest BCUT2D eigenvalue weighted by molar-refractivity contribution is 5.70. The molecule has 5 aliphatic rings. The highest BCUT2D eigenvalue weighted by Gasteiger charge is 2.51. The zero-order chi connectivity index (χ0) is 33.2. The van der Waals surface area contributed by atoms with Crippen LogP contribution >= 0.6 is 0 Å². The number of ether oxygens (including phenoxy) is 4. The Bertz CT molecular complexity index is 882. The van der Waals surface area contributed by atoms with Crippen molar-refractivity contribution in [3.05, 3.63) is 0 Å². The number of nitrogens with zero attached hydrogens (tertiary/aromatic N) is 1. The van der Waals surface area contributed by atoms with E-state index in [0.717, 1.165) is 82.3 Å². The van der Waals surface area contributed by atoms with Crippen LogP contribution in [0.25, 0.3) is 0 Å². The summed E-state index contributed by atoms with van der Waals surface area (Å²) in [5.41, 5.74) is 0.109. The summed E-state index contributed by atoms with van der Waals surface area (Å²) >= 11 is 0. The van der Waals surface area contributed by atoms with Gasteiger partial charge in [-0.05, 0) is 100 Å². The monoisotopic (exact) mass is 661 g/mol. The van der Waals surface area contributed by atoms with E-state index in [1.807, 2.05) is 0 Å². The van der Waals surface area contributed by atoms with E-state index < -0.39 is 12.1 Å². The van der Waals surface area contributed by atoms with Gasteiger partial charge in [-0.2, -0.15) is 0 Å². The minimum Gasteiger partial charge on any atom is -0.465 e. The second-order valence-corrected chi connectivity index (χ2v) is 15.8. The van der Waals surface area contributed by atoms with E-state index in [9.17, 15) is 14.4 Å². The van der Waals surface area contributed by atoms with Gasteiger partial charge >= 0.3 is 18.1 Å². The van der Waals surface area contributed by atoms with E-state index in [1.165, 1.54) is 89.9 Å². The van der Waals surface area contributed by atoms with Gasteiger partial charge in [0.1, 0.15) is 19.8 Å². The lowest BCUT2D eigenvalue weighted by atomic mass is 9.49. The number of hydrogen-bond donors (Lipinski definition) is 0. The van der Waals surface area contributed by atoms with E-state index >= 15 is 0 Å². The first-order valence-electron chi connectivity index (χ1n) is 19.8. The van der Waals surface area contributed by atoms with Crippen molar-refractivity contribution in [2.45, 2.75) is 155 Å². The maximum absolute atomic E-state index is 13.1. The second-order valence-electron chi connectivity index (χ2n) is 15.8. The van der Waals surface area contributed by atoms with E-state index in [0.29, 0.717) is 19.4 Å². The second kappa shape index (κ2) is 21.3. The molecule has 4 aliphatic carbocycles. The lowest BCUT2D eigenvalue weighted by Gasteiger charge is -2.56. The quantitative estimate of drug-likeness (QED) is 0.0544. The molecule has 4 bridgehead atoms. The average Bonchev–Trinajstić information content (AvgIpc) is 3.56.